The molecule has 204 valence electrons. The van der Waals surface area contributed by atoms with Gasteiger partial charge < -0.3 is 20.1 Å². The van der Waals surface area contributed by atoms with E-state index in [0.717, 1.165) is 29.7 Å². The van der Waals surface area contributed by atoms with E-state index in [1.54, 1.807) is 36.4 Å². The van der Waals surface area contributed by atoms with Crippen LogP contribution in [0, 0.1) is 5.82 Å². The zero-order valence-corrected chi connectivity index (χ0v) is 22.2. The fraction of sp³-hybridized carbons (Fsp3) is 0.333. The molecule has 1 aliphatic rings. The average molecular weight is 534 g/mol. The summed E-state index contributed by atoms with van der Waals surface area (Å²) in [7, 11) is 0. The van der Waals surface area contributed by atoms with Crippen molar-refractivity contribution in [3.8, 4) is 22.8 Å². The Morgan fingerprint density at radius 2 is 1.59 bits per heavy atom. The number of hydrogen-bond donors (Lipinski definition) is 2. The number of halogens is 1. The van der Waals surface area contributed by atoms with E-state index in [1.165, 1.54) is 0 Å². The van der Waals surface area contributed by atoms with Crippen molar-refractivity contribution in [2.75, 3.05) is 0 Å². The van der Waals surface area contributed by atoms with Crippen LogP contribution in [0.15, 0.2) is 60.8 Å². The van der Waals surface area contributed by atoms with Gasteiger partial charge in [0, 0.05) is 17.6 Å². The number of pyridine rings is 1. The molecule has 1 fully saturated rings. The second-order valence-electron chi connectivity index (χ2n) is 10.5. The first kappa shape index (κ1) is 27.8. The minimum atomic E-state index is -0.655. The van der Waals surface area contributed by atoms with E-state index in [-0.39, 0.29) is 23.5 Å². The third-order valence-corrected chi connectivity index (χ3v) is 6.25. The maximum Gasteiger partial charge on any atom is 0.407 e. The Labute approximate surface area is 226 Å². The highest BCUT2D eigenvalue weighted by Crippen LogP contribution is 2.29. The highest BCUT2D eigenvalue weighted by molar-refractivity contribution is 5.96. The van der Waals surface area contributed by atoms with E-state index >= 15 is 0 Å². The summed E-state index contributed by atoms with van der Waals surface area (Å²) in [6.45, 7) is 5.42. The summed E-state index contributed by atoms with van der Waals surface area (Å²) >= 11 is 0. The van der Waals surface area contributed by atoms with Crippen LogP contribution >= 0.6 is 0 Å². The van der Waals surface area contributed by atoms with Gasteiger partial charge in [-0.2, -0.15) is 0 Å². The maximum absolute atomic E-state index is 14.1. The minimum Gasteiger partial charge on any atom is -0.444 e. The third kappa shape index (κ3) is 7.86. The normalized spacial score (nSPS) is 17.1. The van der Waals surface area contributed by atoms with Gasteiger partial charge >= 0.3 is 6.09 Å². The first-order valence-electron chi connectivity index (χ1n) is 12.9. The SMILES string of the molecule is CC(C)(C)OC(=O)NC1CCC(NC(=O)c2cc(F)cnc2Oc2cccc(-c3cccc(C=O)c3)c2)CC1. The lowest BCUT2D eigenvalue weighted by molar-refractivity contribution is 0.0487. The number of nitrogens with zero attached hydrogens (tertiary/aromatic N) is 1. The van der Waals surface area contributed by atoms with Crippen LogP contribution in [0.2, 0.25) is 0 Å². The van der Waals surface area contributed by atoms with E-state index in [4.69, 9.17) is 9.47 Å². The quantitative estimate of drug-likeness (QED) is 0.358. The monoisotopic (exact) mass is 533 g/mol. The maximum atomic E-state index is 14.1. The molecule has 0 aliphatic heterocycles. The molecule has 2 aromatic carbocycles. The fourth-order valence-electron chi connectivity index (χ4n) is 4.43. The molecular formula is C30H32FN3O5. The predicted molar refractivity (Wildman–Crippen MR) is 144 cm³/mol. The summed E-state index contributed by atoms with van der Waals surface area (Å²) in [5.41, 5.74) is 1.59. The van der Waals surface area contributed by atoms with E-state index in [0.29, 0.717) is 37.0 Å². The first-order valence-corrected chi connectivity index (χ1v) is 12.9. The molecule has 2 amide bonds. The Hall–Kier alpha value is -4.27. The summed E-state index contributed by atoms with van der Waals surface area (Å²) in [6.07, 6.45) is 3.96. The van der Waals surface area contributed by atoms with Crippen molar-refractivity contribution in [1.29, 1.82) is 0 Å². The van der Waals surface area contributed by atoms with Crippen LogP contribution in [0.5, 0.6) is 11.6 Å². The molecule has 0 bridgehead atoms. The standard InChI is InChI=1S/C30H32FN3O5/c1-30(2,3)39-29(37)34-24-12-10-23(11-13-24)33-27(36)26-16-22(31)17-32-28(26)38-25-9-5-8-21(15-25)20-7-4-6-19(14-20)18-35/h4-9,14-18,23-24H,10-13H2,1-3H3,(H,33,36)(H,34,37). The number of carbonyl (C=O) groups is 3. The zero-order chi connectivity index (χ0) is 28.0. The van der Waals surface area contributed by atoms with Gasteiger partial charge in [0.2, 0.25) is 5.88 Å². The van der Waals surface area contributed by atoms with Gasteiger partial charge in [0.15, 0.2) is 0 Å². The Morgan fingerprint density at radius 3 is 2.26 bits per heavy atom. The lowest BCUT2D eigenvalue weighted by Gasteiger charge is -2.30. The van der Waals surface area contributed by atoms with Gasteiger partial charge in [0.1, 0.15) is 29.0 Å². The van der Waals surface area contributed by atoms with Crippen LogP contribution in [0.3, 0.4) is 0 Å². The molecule has 0 saturated heterocycles. The minimum absolute atomic E-state index is 0.0163. The van der Waals surface area contributed by atoms with Crippen LogP contribution in [-0.2, 0) is 4.74 Å². The lowest BCUT2D eigenvalue weighted by atomic mass is 9.91. The van der Waals surface area contributed by atoms with Gasteiger partial charge in [-0.15, -0.1) is 0 Å². The molecule has 8 nitrogen and oxygen atoms in total. The second kappa shape index (κ2) is 12.1. The van der Waals surface area contributed by atoms with Crippen molar-refractivity contribution in [1.82, 2.24) is 15.6 Å². The highest BCUT2D eigenvalue weighted by Gasteiger charge is 2.27. The molecule has 0 unspecified atom stereocenters. The van der Waals surface area contributed by atoms with Crippen LogP contribution in [0.4, 0.5) is 9.18 Å². The Balaban J connectivity index is 1.41. The molecule has 2 N–H and O–H groups in total. The van der Waals surface area contributed by atoms with Crippen molar-refractivity contribution >= 4 is 18.3 Å². The van der Waals surface area contributed by atoms with Crippen LogP contribution < -0.4 is 15.4 Å². The zero-order valence-electron chi connectivity index (χ0n) is 22.2. The smallest absolute Gasteiger partial charge is 0.407 e. The van der Waals surface area contributed by atoms with E-state index in [2.05, 4.69) is 15.6 Å². The van der Waals surface area contributed by atoms with E-state index < -0.39 is 23.4 Å². The summed E-state index contributed by atoms with van der Waals surface area (Å²) < 4.78 is 25.3. The molecule has 0 radical (unpaired) electrons. The van der Waals surface area contributed by atoms with Gasteiger partial charge in [-0.05, 0) is 81.8 Å². The van der Waals surface area contributed by atoms with Crippen molar-refractivity contribution in [2.45, 2.75) is 64.1 Å². The topological polar surface area (TPSA) is 107 Å². The fourth-order valence-corrected chi connectivity index (χ4v) is 4.43. The van der Waals surface area contributed by atoms with Crippen molar-refractivity contribution in [3.63, 3.8) is 0 Å². The van der Waals surface area contributed by atoms with Crippen LogP contribution in [0.1, 0.15) is 67.2 Å². The number of carbonyl (C=O) groups excluding carboxylic acids is 3. The lowest BCUT2D eigenvalue weighted by Crippen LogP contribution is -2.45. The molecule has 9 heteroatoms. The predicted octanol–water partition coefficient (Wildman–Crippen LogP) is 6.06. The molecule has 0 spiro atoms. The van der Waals surface area contributed by atoms with Gasteiger partial charge in [-0.3, -0.25) is 9.59 Å². The number of ether oxygens (including phenoxy) is 2. The van der Waals surface area contributed by atoms with Gasteiger partial charge in [0.25, 0.3) is 5.91 Å². The number of alkyl carbamates (subject to hydrolysis) is 1. The Bertz CT molecular complexity index is 1350. The molecule has 1 heterocycles. The molecule has 0 atom stereocenters. The van der Waals surface area contributed by atoms with Crippen molar-refractivity contribution in [2.24, 2.45) is 0 Å². The number of benzene rings is 2. The number of nitrogens with one attached hydrogen (secondary N) is 2. The molecule has 4 rings (SSSR count). The first-order chi connectivity index (χ1) is 18.6. The summed E-state index contributed by atoms with van der Waals surface area (Å²) in [4.78, 5) is 40.4. The molecule has 39 heavy (non-hydrogen) atoms. The van der Waals surface area contributed by atoms with Crippen LogP contribution in [0.25, 0.3) is 11.1 Å². The largest absolute Gasteiger partial charge is 0.444 e. The summed E-state index contributed by atoms with van der Waals surface area (Å²) in [5, 5.41) is 5.82. The number of rotatable bonds is 7. The molecule has 3 aromatic rings. The molecule has 1 aromatic heterocycles. The van der Waals surface area contributed by atoms with E-state index in [1.807, 2.05) is 32.9 Å². The Kier molecular flexibility index (Phi) is 8.59. The van der Waals surface area contributed by atoms with Gasteiger partial charge in [-0.1, -0.05) is 30.3 Å². The number of amides is 2. The Morgan fingerprint density at radius 1 is 0.949 bits per heavy atom. The highest BCUT2D eigenvalue weighted by atomic mass is 19.1. The van der Waals surface area contributed by atoms with E-state index in [9.17, 15) is 18.8 Å². The van der Waals surface area contributed by atoms with Gasteiger partial charge in [-0.25, -0.2) is 14.2 Å². The summed E-state index contributed by atoms with van der Waals surface area (Å²) in [5.74, 6) is -0.758. The number of aromatic nitrogens is 1. The third-order valence-electron chi connectivity index (χ3n) is 6.25. The van der Waals surface area contributed by atoms with Gasteiger partial charge in [0.05, 0.1) is 6.20 Å². The van der Waals surface area contributed by atoms with Crippen molar-refractivity contribution in [3.05, 3.63) is 77.7 Å². The molecular weight excluding hydrogens is 501 g/mol. The van der Waals surface area contributed by atoms with Crippen LogP contribution in [-0.4, -0.2) is 41.0 Å². The molecule has 1 aliphatic carbocycles. The average Bonchev–Trinajstić information content (AvgIpc) is 2.90. The number of hydrogen-bond acceptors (Lipinski definition) is 6. The molecule has 1 saturated carbocycles. The number of aldehydes is 1. The summed E-state index contributed by atoms with van der Waals surface area (Å²) in [6, 6.07) is 15.2. The second-order valence-corrected chi connectivity index (χ2v) is 10.5. The van der Waals surface area contributed by atoms with Crippen molar-refractivity contribution < 1.29 is 28.2 Å².